The molecule has 1 amide bonds. The molecule has 2 heterocycles. The monoisotopic (exact) mass is 380 g/mol. The maximum atomic E-state index is 12.5. The van der Waals surface area contributed by atoms with E-state index in [4.69, 9.17) is 10.1 Å². The van der Waals surface area contributed by atoms with Crippen LogP contribution in [0.4, 0.5) is 17.2 Å². The Morgan fingerprint density at radius 3 is 2.68 bits per heavy atom. The first-order valence-corrected chi connectivity index (χ1v) is 9.41. The number of ether oxygens (including phenoxy) is 1. The van der Waals surface area contributed by atoms with Crippen LogP contribution in [0, 0.1) is 5.41 Å². The van der Waals surface area contributed by atoms with E-state index in [0.717, 1.165) is 18.5 Å². The predicted octanol–water partition coefficient (Wildman–Crippen LogP) is 3.91. The molecule has 3 rings (SSSR count). The summed E-state index contributed by atoms with van der Waals surface area (Å²) in [7, 11) is 0. The number of nitrogens with one attached hydrogen (secondary N) is 2. The molecule has 1 fully saturated rings. The molecule has 0 saturated carbocycles. The largest absolute Gasteiger partial charge is 0.461 e. The van der Waals surface area contributed by atoms with E-state index in [-0.39, 0.29) is 23.9 Å². The van der Waals surface area contributed by atoms with Crippen LogP contribution in [0.15, 0.2) is 36.4 Å². The lowest BCUT2D eigenvalue weighted by molar-refractivity contribution is -0.119. The summed E-state index contributed by atoms with van der Waals surface area (Å²) in [5.41, 5.74) is 2.17. The van der Waals surface area contributed by atoms with Crippen LogP contribution in [0.1, 0.15) is 49.2 Å². The Labute approximate surface area is 164 Å². The van der Waals surface area contributed by atoms with Crippen molar-refractivity contribution in [3.8, 4) is 0 Å². The number of anilines is 3. The second kappa shape index (κ2) is 8.65. The molecule has 1 aliphatic rings. The number of esters is 1. The van der Waals surface area contributed by atoms with Crippen molar-refractivity contribution in [1.29, 1.82) is 5.41 Å². The molecule has 0 atom stereocenters. The van der Waals surface area contributed by atoms with Gasteiger partial charge in [0.15, 0.2) is 5.69 Å². The third kappa shape index (κ3) is 4.19. The summed E-state index contributed by atoms with van der Waals surface area (Å²) in [6.07, 6.45) is 2.18. The fourth-order valence-electron chi connectivity index (χ4n) is 3.23. The Morgan fingerprint density at radius 1 is 1.29 bits per heavy atom. The van der Waals surface area contributed by atoms with Gasteiger partial charge in [-0.25, -0.2) is 9.78 Å². The predicted molar refractivity (Wildman–Crippen MR) is 109 cm³/mol. The van der Waals surface area contributed by atoms with Crippen LogP contribution in [0.25, 0.3) is 0 Å². The van der Waals surface area contributed by atoms with E-state index < -0.39 is 5.97 Å². The SMILES string of the molecule is CCOC(=O)c1cc(N2CCCCC2=O)c(C(C)=N)c(Nc2ccccc2)n1. The van der Waals surface area contributed by atoms with Crippen LogP contribution in [0.2, 0.25) is 0 Å². The number of piperidine rings is 1. The van der Waals surface area contributed by atoms with Crippen molar-refractivity contribution < 1.29 is 14.3 Å². The average Bonchev–Trinajstić information content (AvgIpc) is 2.68. The van der Waals surface area contributed by atoms with Crippen molar-refractivity contribution >= 4 is 34.8 Å². The van der Waals surface area contributed by atoms with Crippen LogP contribution >= 0.6 is 0 Å². The van der Waals surface area contributed by atoms with Crippen molar-refractivity contribution in [2.45, 2.75) is 33.1 Å². The van der Waals surface area contributed by atoms with Gasteiger partial charge in [-0.2, -0.15) is 0 Å². The quantitative estimate of drug-likeness (QED) is 0.585. The van der Waals surface area contributed by atoms with Gasteiger partial charge in [-0.1, -0.05) is 18.2 Å². The Hall–Kier alpha value is -3.22. The number of benzene rings is 1. The number of para-hydroxylation sites is 1. The van der Waals surface area contributed by atoms with Crippen molar-refractivity contribution in [3.63, 3.8) is 0 Å². The minimum Gasteiger partial charge on any atom is -0.461 e. The van der Waals surface area contributed by atoms with E-state index in [0.29, 0.717) is 30.0 Å². The molecule has 0 radical (unpaired) electrons. The van der Waals surface area contributed by atoms with Crippen molar-refractivity contribution in [3.05, 3.63) is 47.7 Å². The first-order valence-electron chi connectivity index (χ1n) is 9.41. The zero-order valence-electron chi connectivity index (χ0n) is 16.1. The molecule has 2 N–H and O–H groups in total. The number of nitrogens with zero attached hydrogens (tertiary/aromatic N) is 2. The minimum absolute atomic E-state index is 0.0135. The highest BCUT2D eigenvalue weighted by molar-refractivity contribution is 6.11. The highest BCUT2D eigenvalue weighted by Crippen LogP contribution is 2.32. The summed E-state index contributed by atoms with van der Waals surface area (Å²) in [6, 6.07) is 11.0. The van der Waals surface area contributed by atoms with E-state index in [1.165, 1.54) is 0 Å². The second-order valence-corrected chi connectivity index (χ2v) is 6.59. The Balaban J connectivity index is 2.16. The first kappa shape index (κ1) is 19.5. The van der Waals surface area contributed by atoms with Crippen LogP contribution in [0.3, 0.4) is 0 Å². The van der Waals surface area contributed by atoms with E-state index in [1.54, 1.807) is 24.8 Å². The third-order valence-corrected chi connectivity index (χ3v) is 4.51. The van der Waals surface area contributed by atoms with E-state index in [1.807, 2.05) is 30.3 Å². The molecule has 146 valence electrons. The number of hydrogen-bond donors (Lipinski definition) is 2. The molecule has 1 aromatic carbocycles. The van der Waals surface area contributed by atoms with E-state index in [2.05, 4.69) is 10.3 Å². The molecular weight excluding hydrogens is 356 g/mol. The number of pyridine rings is 1. The molecule has 28 heavy (non-hydrogen) atoms. The zero-order chi connectivity index (χ0) is 20.1. The van der Waals surface area contributed by atoms with Gasteiger partial charge >= 0.3 is 5.97 Å². The topological polar surface area (TPSA) is 95.4 Å². The van der Waals surface area contributed by atoms with E-state index in [9.17, 15) is 9.59 Å². The number of carbonyl (C=O) groups excluding carboxylic acids is 2. The molecule has 7 nitrogen and oxygen atoms in total. The number of hydrogen-bond acceptors (Lipinski definition) is 6. The number of rotatable bonds is 6. The number of carbonyl (C=O) groups is 2. The van der Waals surface area contributed by atoms with Gasteiger partial charge in [0.2, 0.25) is 5.91 Å². The van der Waals surface area contributed by atoms with E-state index >= 15 is 0 Å². The summed E-state index contributed by atoms with van der Waals surface area (Å²) >= 11 is 0. The van der Waals surface area contributed by atoms with Gasteiger partial charge in [0.1, 0.15) is 5.82 Å². The van der Waals surface area contributed by atoms with Gasteiger partial charge in [-0.05, 0) is 44.9 Å². The Kier molecular flexibility index (Phi) is 6.03. The lowest BCUT2D eigenvalue weighted by Gasteiger charge is -2.29. The second-order valence-electron chi connectivity index (χ2n) is 6.59. The maximum absolute atomic E-state index is 12.5. The first-order chi connectivity index (χ1) is 13.5. The molecule has 7 heteroatoms. The zero-order valence-corrected chi connectivity index (χ0v) is 16.1. The highest BCUT2D eigenvalue weighted by atomic mass is 16.5. The minimum atomic E-state index is -0.557. The van der Waals surface area contributed by atoms with Crippen LogP contribution in [-0.2, 0) is 9.53 Å². The summed E-state index contributed by atoms with van der Waals surface area (Å²) in [5.74, 6) is -0.212. The molecule has 1 aromatic heterocycles. The number of amides is 1. The average molecular weight is 380 g/mol. The Bertz CT molecular complexity index is 896. The standard InChI is InChI=1S/C21H24N4O3/c1-3-28-21(27)16-13-17(25-12-8-7-11-18(25)26)19(14(2)22)20(24-16)23-15-9-5-4-6-10-15/h4-6,9-10,13,22H,3,7-8,11-12H2,1-2H3,(H,23,24). The molecule has 0 bridgehead atoms. The van der Waals surface area contributed by atoms with Crippen LogP contribution in [-0.4, -0.2) is 35.7 Å². The summed E-state index contributed by atoms with van der Waals surface area (Å²) in [6.45, 7) is 4.16. The fraction of sp³-hybridized carbons (Fsp3) is 0.333. The van der Waals surface area contributed by atoms with Gasteiger partial charge in [0, 0.05) is 24.4 Å². The van der Waals surface area contributed by atoms with Gasteiger partial charge in [-0.15, -0.1) is 0 Å². The number of aromatic nitrogens is 1. The third-order valence-electron chi connectivity index (χ3n) is 4.51. The smallest absolute Gasteiger partial charge is 0.357 e. The van der Waals surface area contributed by atoms with Crippen molar-refractivity contribution in [1.82, 2.24) is 4.98 Å². The molecule has 1 saturated heterocycles. The summed E-state index contributed by atoms with van der Waals surface area (Å²) in [4.78, 5) is 31.0. The molecule has 0 spiro atoms. The lowest BCUT2D eigenvalue weighted by Crippen LogP contribution is -2.36. The summed E-state index contributed by atoms with van der Waals surface area (Å²) in [5, 5.41) is 11.5. The Morgan fingerprint density at radius 2 is 2.04 bits per heavy atom. The molecular formula is C21H24N4O3. The van der Waals surface area contributed by atoms with Gasteiger partial charge < -0.3 is 20.4 Å². The van der Waals surface area contributed by atoms with Crippen LogP contribution < -0.4 is 10.2 Å². The lowest BCUT2D eigenvalue weighted by atomic mass is 10.0. The summed E-state index contributed by atoms with van der Waals surface area (Å²) < 4.78 is 5.12. The van der Waals surface area contributed by atoms with Crippen LogP contribution in [0.5, 0.6) is 0 Å². The maximum Gasteiger partial charge on any atom is 0.357 e. The highest BCUT2D eigenvalue weighted by Gasteiger charge is 2.27. The molecule has 0 aliphatic carbocycles. The van der Waals surface area contributed by atoms with Gasteiger partial charge in [0.05, 0.1) is 17.9 Å². The fourth-order valence-corrected chi connectivity index (χ4v) is 3.23. The van der Waals surface area contributed by atoms with Gasteiger partial charge in [0.25, 0.3) is 0 Å². The van der Waals surface area contributed by atoms with Crippen molar-refractivity contribution in [2.24, 2.45) is 0 Å². The van der Waals surface area contributed by atoms with Gasteiger partial charge in [-0.3, -0.25) is 4.79 Å². The molecule has 1 aliphatic heterocycles. The molecule has 2 aromatic rings. The molecule has 0 unspecified atom stereocenters. The van der Waals surface area contributed by atoms with Crippen molar-refractivity contribution in [2.75, 3.05) is 23.4 Å². The normalized spacial score (nSPS) is 13.9.